The molecule has 2 nitrogen and oxygen atoms in total. The van der Waals surface area contributed by atoms with E-state index < -0.39 is 0 Å². The first-order valence-corrected chi connectivity index (χ1v) is 7.04. The Labute approximate surface area is 117 Å². The molecule has 0 saturated heterocycles. The second-order valence-electron chi connectivity index (χ2n) is 4.32. The first-order chi connectivity index (χ1) is 8.11. The zero-order chi connectivity index (χ0) is 12.7. The Kier molecular flexibility index (Phi) is 6.93. The van der Waals surface area contributed by atoms with Crippen LogP contribution in [0.5, 0.6) is 0 Å². The minimum atomic E-state index is 0.699. The monoisotopic (exact) mass is 319 g/mol. The number of halogens is 2. The molecule has 0 aliphatic rings. The lowest BCUT2D eigenvalue weighted by molar-refractivity contribution is 0.132. The molecule has 1 aromatic rings. The highest BCUT2D eigenvalue weighted by atomic mass is 79.9. The van der Waals surface area contributed by atoms with E-state index in [1.165, 1.54) is 0 Å². The first kappa shape index (κ1) is 14.8. The fourth-order valence-corrected chi connectivity index (χ4v) is 1.90. The summed E-state index contributed by atoms with van der Waals surface area (Å²) in [4.78, 5) is 0. The molecule has 0 radical (unpaired) electrons. The van der Waals surface area contributed by atoms with Crippen molar-refractivity contribution in [1.82, 2.24) is 0 Å². The summed E-state index contributed by atoms with van der Waals surface area (Å²) >= 11 is 9.44. The Hall–Kier alpha value is -0.250. The van der Waals surface area contributed by atoms with Crippen molar-refractivity contribution in [2.75, 3.05) is 25.1 Å². The van der Waals surface area contributed by atoms with Gasteiger partial charge in [-0.2, -0.15) is 0 Å². The van der Waals surface area contributed by atoms with Crippen molar-refractivity contribution in [3.8, 4) is 0 Å². The number of nitrogens with one attached hydrogen (secondary N) is 1. The molecule has 0 spiro atoms. The van der Waals surface area contributed by atoms with Crippen LogP contribution in [0.15, 0.2) is 22.7 Å². The Morgan fingerprint density at radius 2 is 2.12 bits per heavy atom. The summed E-state index contributed by atoms with van der Waals surface area (Å²) in [6.45, 7) is 6.73. The Morgan fingerprint density at radius 3 is 2.82 bits per heavy atom. The Morgan fingerprint density at radius 1 is 1.35 bits per heavy atom. The largest absolute Gasteiger partial charge is 0.382 e. The molecule has 0 saturated carbocycles. The van der Waals surface area contributed by atoms with Gasteiger partial charge < -0.3 is 10.1 Å². The summed E-state index contributed by atoms with van der Waals surface area (Å²) in [5.74, 6) is 0.699. The molecule has 0 bridgehead atoms. The third-order valence-corrected chi connectivity index (χ3v) is 3.75. The molecule has 17 heavy (non-hydrogen) atoms. The van der Waals surface area contributed by atoms with Crippen LogP contribution in [0.2, 0.25) is 5.02 Å². The number of rotatable bonds is 7. The summed E-state index contributed by atoms with van der Waals surface area (Å²) in [5.41, 5.74) is 1.00. The van der Waals surface area contributed by atoms with Crippen molar-refractivity contribution in [2.45, 2.75) is 20.3 Å². The maximum atomic E-state index is 5.99. The summed E-state index contributed by atoms with van der Waals surface area (Å²) in [7, 11) is 0. The molecule has 0 fully saturated rings. The van der Waals surface area contributed by atoms with Crippen LogP contribution in [0.1, 0.15) is 20.3 Å². The molecular weight excluding hydrogens is 302 g/mol. The van der Waals surface area contributed by atoms with Crippen LogP contribution >= 0.6 is 27.5 Å². The predicted octanol–water partition coefficient (Wildman–Crippen LogP) is 4.58. The molecule has 0 aliphatic heterocycles. The van der Waals surface area contributed by atoms with Crippen LogP contribution in [0.4, 0.5) is 5.69 Å². The second-order valence-corrected chi connectivity index (χ2v) is 5.52. The van der Waals surface area contributed by atoms with Gasteiger partial charge in [0.1, 0.15) is 0 Å². The van der Waals surface area contributed by atoms with E-state index in [0.717, 1.165) is 34.8 Å². The van der Waals surface area contributed by atoms with E-state index in [1.54, 1.807) is 0 Å². The lowest BCUT2D eigenvalue weighted by Crippen LogP contribution is -2.11. The van der Waals surface area contributed by atoms with Crippen molar-refractivity contribution in [2.24, 2.45) is 5.92 Å². The van der Waals surface area contributed by atoms with Gasteiger partial charge in [-0.15, -0.1) is 0 Å². The van der Waals surface area contributed by atoms with Gasteiger partial charge >= 0.3 is 0 Å². The zero-order valence-corrected chi connectivity index (χ0v) is 12.6. The van der Waals surface area contributed by atoms with E-state index in [2.05, 4.69) is 35.1 Å². The fourth-order valence-electron chi connectivity index (χ4n) is 1.32. The Balaban J connectivity index is 2.20. The molecule has 0 heterocycles. The predicted molar refractivity (Wildman–Crippen MR) is 77.9 cm³/mol. The van der Waals surface area contributed by atoms with Crippen LogP contribution in [0, 0.1) is 5.92 Å². The highest BCUT2D eigenvalue weighted by molar-refractivity contribution is 9.10. The van der Waals surface area contributed by atoms with Gasteiger partial charge in [-0.25, -0.2) is 0 Å². The summed E-state index contributed by atoms with van der Waals surface area (Å²) in [5, 5.41) is 4.00. The van der Waals surface area contributed by atoms with E-state index in [4.69, 9.17) is 16.3 Å². The fraction of sp³-hybridized carbons (Fsp3) is 0.538. The number of hydrogen-bond acceptors (Lipinski definition) is 2. The molecule has 0 aliphatic carbocycles. The SMILES string of the molecule is CC(C)CCOCCNc1cccc(Cl)c1Br. The van der Waals surface area contributed by atoms with Crippen LogP contribution in [-0.2, 0) is 4.74 Å². The lowest BCUT2D eigenvalue weighted by Gasteiger charge is -2.10. The standard InChI is InChI=1S/C13H19BrClNO/c1-10(2)6-8-17-9-7-16-12-5-3-4-11(15)13(12)14/h3-5,10,16H,6-9H2,1-2H3. The summed E-state index contributed by atoms with van der Waals surface area (Å²) in [6, 6.07) is 5.77. The average Bonchev–Trinajstić information content (AvgIpc) is 2.28. The highest BCUT2D eigenvalue weighted by Crippen LogP contribution is 2.29. The van der Waals surface area contributed by atoms with Gasteiger partial charge in [-0.05, 0) is 40.4 Å². The van der Waals surface area contributed by atoms with Crippen molar-refractivity contribution < 1.29 is 4.74 Å². The van der Waals surface area contributed by atoms with Crippen LogP contribution in [-0.4, -0.2) is 19.8 Å². The molecule has 0 aromatic heterocycles. The maximum absolute atomic E-state index is 5.99. The van der Waals surface area contributed by atoms with Gasteiger partial charge in [-0.1, -0.05) is 31.5 Å². The van der Waals surface area contributed by atoms with Crippen molar-refractivity contribution in [3.05, 3.63) is 27.7 Å². The Bertz CT molecular complexity index is 344. The number of ether oxygens (including phenoxy) is 1. The van der Waals surface area contributed by atoms with Gasteiger partial charge in [0.2, 0.25) is 0 Å². The minimum absolute atomic E-state index is 0.699. The zero-order valence-electron chi connectivity index (χ0n) is 10.3. The third kappa shape index (κ3) is 5.75. The third-order valence-electron chi connectivity index (χ3n) is 2.35. The van der Waals surface area contributed by atoms with E-state index in [1.807, 2.05) is 18.2 Å². The van der Waals surface area contributed by atoms with E-state index in [9.17, 15) is 0 Å². The van der Waals surface area contributed by atoms with Gasteiger partial charge in [0.25, 0.3) is 0 Å². The quantitative estimate of drug-likeness (QED) is 0.743. The molecule has 1 rings (SSSR count). The summed E-state index contributed by atoms with van der Waals surface area (Å²) in [6.07, 6.45) is 1.11. The van der Waals surface area contributed by atoms with Crippen LogP contribution in [0.3, 0.4) is 0 Å². The van der Waals surface area contributed by atoms with E-state index in [-0.39, 0.29) is 0 Å². The van der Waals surface area contributed by atoms with E-state index in [0.29, 0.717) is 12.5 Å². The molecule has 4 heteroatoms. The molecular formula is C13H19BrClNO. The van der Waals surface area contributed by atoms with Crippen molar-refractivity contribution >= 4 is 33.2 Å². The van der Waals surface area contributed by atoms with Gasteiger partial charge in [-0.3, -0.25) is 0 Å². The minimum Gasteiger partial charge on any atom is -0.382 e. The smallest absolute Gasteiger partial charge is 0.0639 e. The topological polar surface area (TPSA) is 21.3 Å². The van der Waals surface area contributed by atoms with Gasteiger partial charge in [0.05, 0.1) is 21.8 Å². The molecule has 0 unspecified atom stereocenters. The first-order valence-electron chi connectivity index (χ1n) is 5.87. The van der Waals surface area contributed by atoms with Crippen LogP contribution in [0.25, 0.3) is 0 Å². The summed E-state index contributed by atoms with van der Waals surface area (Å²) < 4.78 is 6.43. The highest BCUT2D eigenvalue weighted by Gasteiger charge is 2.02. The molecule has 0 atom stereocenters. The number of hydrogen-bond donors (Lipinski definition) is 1. The number of benzene rings is 1. The number of anilines is 1. The van der Waals surface area contributed by atoms with Crippen LogP contribution < -0.4 is 5.32 Å². The van der Waals surface area contributed by atoms with Crippen molar-refractivity contribution in [3.63, 3.8) is 0 Å². The van der Waals surface area contributed by atoms with E-state index >= 15 is 0 Å². The maximum Gasteiger partial charge on any atom is 0.0639 e. The molecule has 96 valence electrons. The molecule has 1 aromatic carbocycles. The second kappa shape index (κ2) is 7.96. The lowest BCUT2D eigenvalue weighted by atomic mass is 10.1. The van der Waals surface area contributed by atoms with Gasteiger partial charge in [0, 0.05) is 13.2 Å². The van der Waals surface area contributed by atoms with Gasteiger partial charge in [0.15, 0.2) is 0 Å². The van der Waals surface area contributed by atoms with Crippen molar-refractivity contribution in [1.29, 1.82) is 0 Å². The molecule has 1 N–H and O–H groups in total. The molecule has 0 amide bonds. The average molecular weight is 321 g/mol. The normalized spacial score (nSPS) is 10.9.